The summed E-state index contributed by atoms with van der Waals surface area (Å²) in [5.74, 6) is 0.669. The molecule has 110 valence electrons. The van der Waals surface area contributed by atoms with Gasteiger partial charge in [0.1, 0.15) is 0 Å². The van der Waals surface area contributed by atoms with Crippen molar-refractivity contribution in [3.05, 3.63) is 60.2 Å². The van der Waals surface area contributed by atoms with E-state index in [9.17, 15) is 0 Å². The van der Waals surface area contributed by atoms with E-state index in [1.807, 2.05) is 30.3 Å². The highest BCUT2D eigenvalue weighted by Gasteiger charge is 2.44. The van der Waals surface area contributed by atoms with Gasteiger partial charge in [0.05, 0.1) is 16.6 Å². The Bertz CT molecular complexity index is 788. The zero-order valence-corrected chi connectivity index (χ0v) is 12.8. The Hall–Kier alpha value is -2.40. The first kappa shape index (κ1) is 13.3. The standard InChI is InChI=1S/C17H16N4S/c22-16(20-15-18-13-8-4-5-9-14(13)19-15)21-17(10-11-17)12-6-2-1-3-7-12/h1-9H,10-11H2,(H3,18,19,20,21,22). The summed E-state index contributed by atoms with van der Waals surface area (Å²) in [6.45, 7) is 0. The number of anilines is 1. The van der Waals surface area contributed by atoms with Gasteiger partial charge in [-0.15, -0.1) is 0 Å². The van der Waals surface area contributed by atoms with Crippen LogP contribution >= 0.6 is 12.2 Å². The Morgan fingerprint density at radius 1 is 1.05 bits per heavy atom. The maximum atomic E-state index is 5.45. The molecule has 0 radical (unpaired) electrons. The van der Waals surface area contributed by atoms with Gasteiger partial charge >= 0.3 is 0 Å². The van der Waals surface area contributed by atoms with E-state index in [-0.39, 0.29) is 5.54 Å². The molecule has 0 unspecified atom stereocenters. The smallest absolute Gasteiger partial charge is 0.207 e. The van der Waals surface area contributed by atoms with E-state index in [1.54, 1.807) is 0 Å². The summed E-state index contributed by atoms with van der Waals surface area (Å²) in [4.78, 5) is 7.70. The van der Waals surface area contributed by atoms with Crippen molar-refractivity contribution in [2.45, 2.75) is 18.4 Å². The van der Waals surface area contributed by atoms with E-state index in [0.717, 1.165) is 23.9 Å². The van der Waals surface area contributed by atoms with Crippen molar-refractivity contribution < 1.29 is 0 Å². The number of hydrogen-bond donors (Lipinski definition) is 3. The van der Waals surface area contributed by atoms with E-state index in [2.05, 4.69) is 44.9 Å². The molecule has 0 saturated heterocycles. The van der Waals surface area contributed by atoms with Gasteiger partial charge in [0.2, 0.25) is 5.95 Å². The summed E-state index contributed by atoms with van der Waals surface area (Å²) in [5.41, 5.74) is 3.19. The third kappa shape index (κ3) is 2.44. The summed E-state index contributed by atoms with van der Waals surface area (Å²) >= 11 is 5.45. The molecule has 4 rings (SSSR count). The first-order valence-electron chi connectivity index (χ1n) is 7.35. The predicted octanol–water partition coefficient (Wildman–Crippen LogP) is 3.54. The van der Waals surface area contributed by atoms with Crippen molar-refractivity contribution in [2.75, 3.05) is 5.32 Å². The van der Waals surface area contributed by atoms with Crippen LogP contribution in [0.3, 0.4) is 0 Å². The minimum Gasteiger partial charge on any atom is -0.353 e. The van der Waals surface area contributed by atoms with E-state index in [4.69, 9.17) is 12.2 Å². The number of rotatable bonds is 3. The molecule has 3 aromatic rings. The SMILES string of the molecule is S=C(Nc1nc2ccccc2[nH]1)NC1(c2ccccc2)CC1. The number of aromatic amines is 1. The van der Waals surface area contributed by atoms with Crippen LogP contribution in [0.5, 0.6) is 0 Å². The summed E-state index contributed by atoms with van der Waals surface area (Å²) < 4.78 is 0. The highest BCUT2D eigenvalue weighted by atomic mass is 32.1. The van der Waals surface area contributed by atoms with E-state index in [0.29, 0.717) is 11.1 Å². The highest BCUT2D eigenvalue weighted by Crippen LogP contribution is 2.45. The fraction of sp³-hybridized carbons (Fsp3) is 0.176. The Morgan fingerprint density at radius 2 is 1.77 bits per heavy atom. The lowest BCUT2D eigenvalue weighted by molar-refractivity contribution is 0.649. The average Bonchev–Trinajstić information content (AvgIpc) is 3.19. The lowest BCUT2D eigenvalue weighted by Crippen LogP contribution is -2.38. The number of benzene rings is 2. The number of nitrogens with one attached hydrogen (secondary N) is 3. The summed E-state index contributed by atoms with van der Waals surface area (Å²) in [6, 6.07) is 18.4. The number of para-hydroxylation sites is 2. The molecule has 0 bridgehead atoms. The second-order valence-electron chi connectivity index (χ2n) is 5.63. The van der Waals surface area contributed by atoms with Crippen LogP contribution in [0.2, 0.25) is 0 Å². The van der Waals surface area contributed by atoms with Crippen LogP contribution in [0.15, 0.2) is 54.6 Å². The molecule has 1 saturated carbocycles. The number of aromatic nitrogens is 2. The first-order chi connectivity index (χ1) is 10.8. The second-order valence-corrected chi connectivity index (χ2v) is 6.04. The summed E-state index contributed by atoms with van der Waals surface area (Å²) in [5, 5.41) is 7.19. The molecule has 2 aromatic carbocycles. The Labute approximate surface area is 134 Å². The van der Waals surface area contributed by atoms with Crippen LogP contribution in [0.1, 0.15) is 18.4 Å². The predicted molar refractivity (Wildman–Crippen MR) is 92.8 cm³/mol. The van der Waals surface area contributed by atoms with Gasteiger partial charge < -0.3 is 15.6 Å². The number of fused-ring (bicyclic) bond motifs is 1. The second kappa shape index (κ2) is 5.10. The van der Waals surface area contributed by atoms with Crippen LogP contribution in [0.25, 0.3) is 11.0 Å². The molecule has 1 aliphatic rings. The number of hydrogen-bond acceptors (Lipinski definition) is 2. The molecule has 1 aromatic heterocycles. The molecule has 0 atom stereocenters. The Morgan fingerprint density at radius 3 is 2.50 bits per heavy atom. The van der Waals surface area contributed by atoms with Gasteiger partial charge in [-0.05, 0) is 42.8 Å². The molecule has 0 amide bonds. The van der Waals surface area contributed by atoms with Crippen molar-refractivity contribution in [2.24, 2.45) is 0 Å². The molecule has 22 heavy (non-hydrogen) atoms. The quantitative estimate of drug-likeness (QED) is 0.648. The zero-order chi connectivity index (χ0) is 15.0. The largest absolute Gasteiger partial charge is 0.353 e. The van der Waals surface area contributed by atoms with E-state index in [1.165, 1.54) is 5.56 Å². The minimum absolute atomic E-state index is 0.0165. The van der Waals surface area contributed by atoms with Crippen molar-refractivity contribution in [3.8, 4) is 0 Å². The number of imidazole rings is 1. The Kier molecular flexibility index (Phi) is 3.08. The summed E-state index contributed by atoms with van der Waals surface area (Å²) in [7, 11) is 0. The van der Waals surface area contributed by atoms with E-state index < -0.39 is 0 Å². The highest BCUT2D eigenvalue weighted by molar-refractivity contribution is 7.80. The maximum absolute atomic E-state index is 5.45. The van der Waals surface area contributed by atoms with Crippen LogP contribution in [0, 0.1) is 0 Å². The lowest BCUT2D eigenvalue weighted by Gasteiger charge is -2.19. The van der Waals surface area contributed by atoms with Gasteiger partial charge in [-0.3, -0.25) is 0 Å². The van der Waals surface area contributed by atoms with Gasteiger partial charge in [-0.2, -0.15) is 0 Å². The molecule has 1 fully saturated rings. The molecule has 5 heteroatoms. The third-order valence-electron chi connectivity index (χ3n) is 4.05. The van der Waals surface area contributed by atoms with E-state index >= 15 is 0 Å². The molecule has 3 N–H and O–H groups in total. The van der Waals surface area contributed by atoms with Crippen LogP contribution in [-0.4, -0.2) is 15.1 Å². The fourth-order valence-corrected chi connectivity index (χ4v) is 3.03. The molecule has 0 aliphatic heterocycles. The summed E-state index contributed by atoms with van der Waals surface area (Å²) in [6.07, 6.45) is 2.19. The number of thiocarbonyl (C=S) groups is 1. The van der Waals surface area contributed by atoms with Crippen molar-refractivity contribution >= 4 is 34.3 Å². The molecular weight excluding hydrogens is 292 g/mol. The van der Waals surface area contributed by atoms with Crippen molar-refractivity contribution in [1.82, 2.24) is 15.3 Å². The van der Waals surface area contributed by atoms with Gasteiger partial charge in [-0.25, -0.2) is 4.98 Å². The molecule has 4 nitrogen and oxygen atoms in total. The third-order valence-corrected chi connectivity index (χ3v) is 4.25. The van der Waals surface area contributed by atoms with Gasteiger partial charge in [0.15, 0.2) is 5.11 Å². The van der Waals surface area contributed by atoms with Crippen molar-refractivity contribution in [3.63, 3.8) is 0 Å². The van der Waals surface area contributed by atoms with Crippen molar-refractivity contribution in [1.29, 1.82) is 0 Å². The molecule has 1 aliphatic carbocycles. The fourth-order valence-electron chi connectivity index (χ4n) is 2.74. The number of nitrogens with zero attached hydrogens (tertiary/aromatic N) is 1. The van der Waals surface area contributed by atoms with Gasteiger partial charge in [0.25, 0.3) is 0 Å². The van der Waals surface area contributed by atoms with Crippen LogP contribution in [0.4, 0.5) is 5.95 Å². The van der Waals surface area contributed by atoms with Crippen LogP contribution < -0.4 is 10.6 Å². The average molecular weight is 308 g/mol. The molecule has 0 spiro atoms. The first-order valence-corrected chi connectivity index (χ1v) is 7.75. The van der Waals surface area contributed by atoms with Crippen LogP contribution in [-0.2, 0) is 5.54 Å². The monoisotopic (exact) mass is 308 g/mol. The van der Waals surface area contributed by atoms with Gasteiger partial charge in [-0.1, -0.05) is 42.5 Å². The normalized spacial score (nSPS) is 15.5. The number of H-pyrrole nitrogens is 1. The Balaban J connectivity index is 1.49. The lowest BCUT2D eigenvalue weighted by atomic mass is 10.1. The molecular formula is C17H16N4S. The topological polar surface area (TPSA) is 52.7 Å². The zero-order valence-electron chi connectivity index (χ0n) is 12.0. The minimum atomic E-state index is -0.0165. The van der Waals surface area contributed by atoms with Gasteiger partial charge in [0, 0.05) is 0 Å². The molecule has 1 heterocycles. The maximum Gasteiger partial charge on any atom is 0.207 e.